The lowest BCUT2D eigenvalue weighted by atomic mass is 10.1. The van der Waals surface area contributed by atoms with Crippen LogP contribution in [0.5, 0.6) is 0 Å². The van der Waals surface area contributed by atoms with E-state index in [9.17, 15) is 9.59 Å². The Morgan fingerprint density at radius 3 is 3.12 bits per heavy atom. The largest absolute Gasteiger partial charge is 0.348 e. The number of imidazole rings is 1. The molecule has 3 aromatic rings. The Hall–Kier alpha value is -2.90. The summed E-state index contributed by atoms with van der Waals surface area (Å²) in [5.41, 5.74) is 2.03. The third kappa shape index (κ3) is 2.49. The van der Waals surface area contributed by atoms with Gasteiger partial charge in [-0.25, -0.2) is 14.9 Å². The number of nitrogens with zero attached hydrogens (tertiary/aromatic N) is 4. The average Bonchev–Trinajstić information content (AvgIpc) is 3.09. The molecule has 24 heavy (non-hydrogen) atoms. The zero-order valence-electron chi connectivity index (χ0n) is 13.3. The molecule has 0 fully saturated rings. The first-order valence-corrected chi connectivity index (χ1v) is 8.01. The summed E-state index contributed by atoms with van der Waals surface area (Å²) in [4.78, 5) is 28.6. The van der Waals surface area contributed by atoms with E-state index in [2.05, 4.69) is 20.5 Å². The zero-order valence-corrected chi connectivity index (χ0v) is 13.3. The van der Waals surface area contributed by atoms with Gasteiger partial charge in [-0.1, -0.05) is 6.07 Å². The fourth-order valence-corrected chi connectivity index (χ4v) is 3.17. The van der Waals surface area contributed by atoms with Gasteiger partial charge in [0.2, 0.25) is 0 Å². The number of nitrogens with one attached hydrogen (secondary N) is 2. The van der Waals surface area contributed by atoms with Crippen LogP contribution in [-0.4, -0.2) is 36.1 Å². The molecule has 1 aliphatic rings. The van der Waals surface area contributed by atoms with Crippen molar-refractivity contribution in [3.8, 4) is 0 Å². The summed E-state index contributed by atoms with van der Waals surface area (Å²) in [5, 5.41) is 9.52. The fraction of sp³-hybridized carbons (Fsp3) is 0.375. The normalized spacial score (nSPS) is 17.5. The van der Waals surface area contributed by atoms with Gasteiger partial charge < -0.3 is 9.72 Å². The van der Waals surface area contributed by atoms with Crippen molar-refractivity contribution in [1.29, 1.82) is 0 Å². The van der Waals surface area contributed by atoms with Crippen LogP contribution in [0.1, 0.15) is 34.7 Å². The molecule has 0 saturated heterocycles. The Labute approximate surface area is 137 Å². The second-order valence-electron chi connectivity index (χ2n) is 6.14. The molecule has 2 N–H and O–H groups in total. The molecule has 1 unspecified atom stereocenters. The maximum Gasteiger partial charge on any atom is 0.343 e. The highest BCUT2D eigenvalue weighted by atomic mass is 16.2. The van der Waals surface area contributed by atoms with Crippen LogP contribution >= 0.6 is 0 Å². The Morgan fingerprint density at radius 1 is 1.42 bits per heavy atom. The van der Waals surface area contributed by atoms with E-state index >= 15 is 0 Å². The molecule has 8 heteroatoms. The Kier molecular flexibility index (Phi) is 3.44. The van der Waals surface area contributed by atoms with Gasteiger partial charge in [0.25, 0.3) is 5.91 Å². The molecule has 0 aromatic carbocycles. The second kappa shape index (κ2) is 5.63. The lowest BCUT2D eigenvalue weighted by molar-refractivity contribution is 0.0928. The van der Waals surface area contributed by atoms with Crippen molar-refractivity contribution in [3.63, 3.8) is 0 Å². The van der Waals surface area contributed by atoms with Gasteiger partial charge in [-0.3, -0.25) is 9.36 Å². The van der Waals surface area contributed by atoms with Crippen LogP contribution in [0.3, 0.4) is 0 Å². The quantitative estimate of drug-likeness (QED) is 0.723. The van der Waals surface area contributed by atoms with E-state index in [-0.39, 0.29) is 17.6 Å². The van der Waals surface area contributed by atoms with Gasteiger partial charge in [0.1, 0.15) is 17.2 Å². The van der Waals surface area contributed by atoms with E-state index in [4.69, 9.17) is 0 Å². The molecule has 124 valence electrons. The third-order valence-electron chi connectivity index (χ3n) is 4.50. The van der Waals surface area contributed by atoms with Crippen molar-refractivity contribution in [2.45, 2.75) is 38.8 Å². The molecule has 4 rings (SSSR count). The molecule has 0 bridgehead atoms. The van der Waals surface area contributed by atoms with Crippen molar-refractivity contribution in [3.05, 3.63) is 52.1 Å². The van der Waals surface area contributed by atoms with Gasteiger partial charge in [0, 0.05) is 31.4 Å². The van der Waals surface area contributed by atoms with Crippen molar-refractivity contribution < 1.29 is 4.79 Å². The first-order valence-electron chi connectivity index (χ1n) is 8.01. The van der Waals surface area contributed by atoms with Crippen LogP contribution in [0.25, 0.3) is 5.65 Å². The molecular formula is C16H18N6O2. The Bertz CT molecular complexity index is 967. The summed E-state index contributed by atoms with van der Waals surface area (Å²) in [6.45, 7) is 2.52. The number of aryl methyl sites for hydroxylation is 2. The van der Waals surface area contributed by atoms with Crippen LogP contribution in [0.4, 0.5) is 0 Å². The van der Waals surface area contributed by atoms with Crippen molar-refractivity contribution in [2.24, 2.45) is 0 Å². The first kappa shape index (κ1) is 14.7. The van der Waals surface area contributed by atoms with Crippen molar-refractivity contribution in [1.82, 2.24) is 29.5 Å². The predicted molar refractivity (Wildman–Crippen MR) is 87.0 cm³/mol. The van der Waals surface area contributed by atoms with Gasteiger partial charge in [-0.2, -0.15) is 5.10 Å². The molecular weight excluding hydrogens is 308 g/mol. The van der Waals surface area contributed by atoms with Crippen molar-refractivity contribution in [2.75, 3.05) is 0 Å². The molecule has 8 nitrogen and oxygen atoms in total. The van der Waals surface area contributed by atoms with E-state index in [0.29, 0.717) is 25.1 Å². The van der Waals surface area contributed by atoms with Crippen LogP contribution in [0.2, 0.25) is 0 Å². The molecule has 1 amide bonds. The number of pyridine rings is 1. The van der Waals surface area contributed by atoms with Crippen LogP contribution in [0, 0.1) is 6.92 Å². The molecule has 0 saturated carbocycles. The number of amides is 1. The molecule has 0 aliphatic carbocycles. The molecule has 1 atom stereocenters. The van der Waals surface area contributed by atoms with Crippen LogP contribution < -0.4 is 11.0 Å². The Morgan fingerprint density at radius 2 is 2.29 bits per heavy atom. The van der Waals surface area contributed by atoms with Gasteiger partial charge >= 0.3 is 5.69 Å². The average molecular weight is 326 g/mol. The molecule has 0 radical (unpaired) electrons. The molecule has 3 aromatic heterocycles. The number of hydrogen-bond donors (Lipinski definition) is 2. The monoisotopic (exact) mass is 326 g/mol. The van der Waals surface area contributed by atoms with Crippen LogP contribution in [0.15, 0.2) is 29.3 Å². The number of hydrogen-bond acceptors (Lipinski definition) is 4. The predicted octanol–water partition coefficient (Wildman–Crippen LogP) is 0.662. The number of fused-ring (bicyclic) bond motifs is 2. The lowest BCUT2D eigenvalue weighted by Crippen LogP contribution is -2.35. The minimum Gasteiger partial charge on any atom is -0.348 e. The van der Waals surface area contributed by atoms with Gasteiger partial charge in [0.15, 0.2) is 0 Å². The van der Waals surface area contributed by atoms with E-state index in [1.165, 1.54) is 0 Å². The van der Waals surface area contributed by atoms with Crippen LogP contribution in [-0.2, 0) is 13.0 Å². The maximum absolute atomic E-state index is 12.5. The van der Waals surface area contributed by atoms with E-state index in [0.717, 1.165) is 23.5 Å². The minimum absolute atomic E-state index is 0.00418. The fourth-order valence-electron chi connectivity index (χ4n) is 3.17. The van der Waals surface area contributed by atoms with Gasteiger partial charge in [-0.15, -0.1) is 0 Å². The highest BCUT2D eigenvalue weighted by Gasteiger charge is 2.21. The van der Waals surface area contributed by atoms with E-state index < -0.39 is 0 Å². The van der Waals surface area contributed by atoms with E-state index in [1.807, 2.05) is 29.7 Å². The third-order valence-corrected chi connectivity index (χ3v) is 4.50. The Balaban J connectivity index is 1.49. The summed E-state index contributed by atoms with van der Waals surface area (Å²) >= 11 is 0. The summed E-state index contributed by atoms with van der Waals surface area (Å²) in [6, 6.07) is 3.90. The summed E-state index contributed by atoms with van der Waals surface area (Å²) < 4.78 is 3.49. The number of rotatable bonds is 2. The number of H-pyrrole nitrogens is 1. The number of aromatic amines is 1. The van der Waals surface area contributed by atoms with Gasteiger partial charge in [0.05, 0.1) is 0 Å². The smallest absolute Gasteiger partial charge is 0.343 e. The number of carbonyl (C=O) groups is 1. The number of aromatic nitrogens is 5. The maximum atomic E-state index is 12.5. The topological polar surface area (TPSA) is 97.1 Å². The second-order valence-corrected chi connectivity index (χ2v) is 6.14. The highest BCUT2D eigenvalue weighted by molar-refractivity contribution is 5.93. The lowest BCUT2D eigenvalue weighted by Gasteiger charge is -2.14. The molecule has 1 aliphatic heterocycles. The summed E-state index contributed by atoms with van der Waals surface area (Å²) in [5.74, 6) is 0.566. The van der Waals surface area contributed by atoms with E-state index in [1.54, 1.807) is 10.8 Å². The molecule has 0 spiro atoms. The minimum atomic E-state index is -0.187. The van der Waals surface area contributed by atoms with Gasteiger partial charge in [-0.05, 0) is 31.4 Å². The number of carbonyl (C=O) groups excluding carboxylic acids is 1. The molecule has 4 heterocycles. The zero-order chi connectivity index (χ0) is 16.7. The SMILES string of the molecule is Cc1cccn2cc(C(=O)NC3CCc4n[nH]c(=O)n4CC3)nc12. The first-order chi connectivity index (χ1) is 11.6. The standard InChI is InChI=1S/C16H18N6O2/c1-10-3-2-7-21-9-12(18-14(10)21)15(23)17-11-4-5-13-19-20-16(24)22(13)8-6-11/h2-3,7,9,11H,4-6,8H2,1H3,(H,17,23)(H,20,24). The highest BCUT2D eigenvalue weighted by Crippen LogP contribution is 2.13. The summed E-state index contributed by atoms with van der Waals surface area (Å²) in [7, 11) is 0. The summed E-state index contributed by atoms with van der Waals surface area (Å²) in [6.07, 6.45) is 5.73. The van der Waals surface area contributed by atoms with Crippen molar-refractivity contribution >= 4 is 11.6 Å².